The van der Waals surface area contributed by atoms with Crippen LogP contribution in [0.2, 0.25) is 0 Å². The van der Waals surface area contributed by atoms with E-state index in [4.69, 9.17) is 4.42 Å². The highest BCUT2D eigenvalue weighted by atomic mass is 16.3. The number of imidazole rings is 1. The molecular weight excluding hydrogens is 274 g/mol. The van der Waals surface area contributed by atoms with Crippen LogP contribution in [0.25, 0.3) is 22.4 Å². The summed E-state index contributed by atoms with van der Waals surface area (Å²) >= 11 is 0. The number of nitrogens with one attached hydrogen (secondary N) is 1. The number of aromatic amines is 1. The minimum absolute atomic E-state index is 0.718. The van der Waals surface area contributed by atoms with Crippen LogP contribution in [0.3, 0.4) is 0 Å². The molecule has 1 aliphatic heterocycles. The standard InChI is InChI=1S/C18H21N3O/c1-13-3-2-9-21(13)10-6-16-11-14-4-5-15(12-17(14)22-16)18-19-7-8-20-18/h4-5,7-8,11-13H,2-3,6,9-10H2,1H3,(H,19,20)/t13-/m1/s1. The molecule has 3 heterocycles. The van der Waals surface area contributed by atoms with E-state index in [0.29, 0.717) is 0 Å². The van der Waals surface area contributed by atoms with Gasteiger partial charge < -0.3 is 14.3 Å². The van der Waals surface area contributed by atoms with E-state index in [1.54, 1.807) is 6.20 Å². The average Bonchev–Trinajstić information content (AvgIpc) is 3.25. The van der Waals surface area contributed by atoms with Crippen molar-refractivity contribution in [2.75, 3.05) is 13.1 Å². The summed E-state index contributed by atoms with van der Waals surface area (Å²) in [5.74, 6) is 1.96. The van der Waals surface area contributed by atoms with Gasteiger partial charge in [0.25, 0.3) is 0 Å². The Balaban J connectivity index is 1.53. The van der Waals surface area contributed by atoms with Crippen molar-refractivity contribution in [1.82, 2.24) is 14.9 Å². The maximum atomic E-state index is 6.03. The highest BCUT2D eigenvalue weighted by Gasteiger charge is 2.20. The number of H-pyrrole nitrogens is 1. The fourth-order valence-electron chi connectivity index (χ4n) is 3.36. The Kier molecular flexibility index (Phi) is 3.47. The van der Waals surface area contributed by atoms with Crippen LogP contribution in [-0.2, 0) is 6.42 Å². The summed E-state index contributed by atoms with van der Waals surface area (Å²) < 4.78 is 6.03. The lowest BCUT2D eigenvalue weighted by Crippen LogP contribution is -2.28. The van der Waals surface area contributed by atoms with E-state index in [2.05, 4.69) is 46.1 Å². The van der Waals surface area contributed by atoms with Crippen molar-refractivity contribution in [2.45, 2.75) is 32.2 Å². The molecule has 4 rings (SSSR count). The molecule has 0 unspecified atom stereocenters. The van der Waals surface area contributed by atoms with Crippen molar-refractivity contribution in [1.29, 1.82) is 0 Å². The number of fused-ring (bicyclic) bond motifs is 1. The first-order valence-corrected chi connectivity index (χ1v) is 8.06. The molecule has 1 saturated heterocycles. The molecule has 1 atom stereocenters. The van der Waals surface area contributed by atoms with Gasteiger partial charge in [-0.05, 0) is 38.4 Å². The van der Waals surface area contributed by atoms with E-state index in [0.717, 1.165) is 41.7 Å². The molecule has 1 aromatic carbocycles. The number of nitrogens with zero attached hydrogens (tertiary/aromatic N) is 2. The molecule has 1 fully saturated rings. The fraction of sp³-hybridized carbons (Fsp3) is 0.389. The molecule has 0 amide bonds. The first-order chi connectivity index (χ1) is 10.8. The lowest BCUT2D eigenvalue weighted by atomic mass is 10.1. The summed E-state index contributed by atoms with van der Waals surface area (Å²) in [6.07, 6.45) is 7.24. The Bertz CT molecular complexity index is 760. The third-order valence-corrected chi connectivity index (χ3v) is 4.68. The van der Waals surface area contributed by atoms with Crippen LogP contribution in [0.4, 0.5) is 0 Å². The zero-order chi connectivity index (χ0) is 14.9. The molecule has 0 radical (unpaired) electrons. The van der Waals surface area contributed by atoms with Crippen LogP contribution in [0.5, 0.6) is 0 Å². The first-order valence-electron chi connectivity index (χ1n) is 8.06. The van der Waals surface area contributed by atoms with Crippen LogP contribution in [0.1, 0.15) is 25.5 Å². The van der Waals surface area contributed by atoms with Crippen molar-refractivity contribution in [3.05, 3.63) is 42.4 Å². The lowest BCUT2D eigenvalue weighted by Gasteiger charge is -2.19. The summed E-state index contributed by atoms with van der Waals surface area (Å²) in [6, 6.07) is 9.15. The number of hydrogen-bond acceptors (Lipinski definition) is 3. The second-order valence-electron chi connectivity index (χ2n) is 6.18. The van der Waals surface area contributed by atoms with Crippen molar-refractivity contribution in [2.24, 2.45) is 0 Å². The van der Waals surface area contributed by atoms with Gasteiger partial charge in [0.2, 0.25) is 0 Å². The SMILES string of the molecule is C[C@@H]1CCCN1CCc1cc2ccc(-c3ncc[nH]3)cc2o1. The molecule has 0 saturated carbocycles. The molecule has 4 heteroatoms. The van der Waals surface area contributed by atoms with Gasteiger partial charge in [-0.3, -0.25) is 0 Å². The van der Waals surface area contributed by atoms with Gasteiger partial charge >= 0.3 is 0 Å². The van der Waals surface area contributed by atoms with Gasteiger partial charge in [0, 0.05) is 42.4 Å². The predicted octanol–water partition coefficient (Wildman–Crippen LogP) is 3.85. The van der Waals surface area contributed by atoms with Crippen molar-refractivity contribution in [3.63, 3.8) is 0 Å². The van der Waals surface area contributed by atoms with Gasteiger partial charge in [0.05, 0.1) is 0 Å². The second kappa shape index (κ2) is 5.61. The van der Waals surface area contributed by atoms with Crippen LogP contribution >= 0.6 is 0 Å². The predicted molar refractivity (Wildman–Crippen MR) is 87.8 cm³/mol. The Morgan fingerprint density at radius 3 is 3.09 bits per heavy atom. The quantitative estimate of drug-likeness (QED) is 0.795. The minimum Gasteiger partial charge on any atom is -0.461 e. The summed E-state index contributed by atoms with van der Waals surface area (Å²) in [5.41, 5.74) is 2.00. The van der Waals surface area contributed by atoms with Gasteiger partial charge in [-0.25, -0.2) is 4.98 Å². The topological polar surface area (TPSA) is 45.1 Å². The first kappa shape index (κ1) is 13.6. The smallest absolute Gasteiger partial charge is 0.137 e. The average molecular weight is 295 g/mol. The van der Waals surface area contributed by atoms with Crippen molar-refractivity contribution >= 4 is 11.0 Å². The molecule has 0 aliphatic carbocycles. The molecule has 0 bridgehead atoms. The molecule has 114 valence electrons. The molecule has 2 aromatic heterocycles. The molecule has 4 nitrogen and oxygen atoms in total. The number of hydrogen-bond donors (Lipinski definition) is 1. The van der Waals surface area contributed by atoms with E-state index in [9.17, 15) is 0 Å². The van der Waals surface area contributed by atoms with Crippen LogP contribution in [0.15, 0.2) is 41.1 Å². The highest BCUT2D eigenvalue weighted by Crippen LogP contribution is 2.25. The molecule has 3 aromatic rings. The third kappa shape index (κ3) is 2.55. The van der Waals surface area contributed by atoms with Gasteiger partial charge in [0.1, 0.15) is 17.2 Å². The molecular formula is C18H21N3O. The zero-order valence-corrected chi connectivity index (χ0v) is 12.9. The van der Waals surface area contributed by atoms with Gasteiger partial charge in [0.15, 0.2) is 0 Å². The number of benzene rings is 1. The third-order valence-electron chi connectivity index (χ3n) is 4.68. The summed E-state index contributed by atoms with van der Waals surface area (Å²) in [7, 11) is 0. The number of furan rings is 1. The maximum absolute atomic E-state index is 6.03. The minimum atomic E-state index is 0.718. The molecule has 1 N–H and O–H groups in total. The number of rotatable bonds is 4. The largest absolute Gasteiger partial charge is 0.461 e. The van der Waals surface area contributed by atoms with Gasteiger partial charge in [-0.15, -0.1) is 0 Å². The highest BCUT2D eigenvalue weighted by molar-refractivity contribution is 5.82. The fourth-order valence-corrected chi connectivity index (χ4v) is 3.36. The van der Waals surface area contributed by atoms with Crippen LogP contribution in [0, 0.1) is 0 Å². The number of aromatic nitrogens is 2. The summed E-state index contributed by atoms with van der Waals surface area (Å²) in [6.45, 7) is 4.64. The van der Waals surface area contributed by atoms with Gasteiger partial charge in [-0.1, -0.05) is 12.1 Å². The Morgan fingerprint density at radius 1 is 1.36 bits per heavy atom. The van der Waals surface area contributed by atoms with E-state index < -0.39 is 0 Å². The van der Waals surface area contributed by atoms with Crippen molar-refractivity contribution in [3.8, 4) is 11.4 Å². The Labute approximate surface area is 130 Å². The Morgan fingerprint density at radius 2 is 2.32 bits per heavy atom. The van der Waals surface area contributed by atoms with E-state index in [1.807, 2.05) is 6.20 Å². The zero-order valence-electron chi connectivity index (χ0n) is 12.9. The van der Waals surface area contributed by atoms with Crippen LogP contribution < -0.4 is 0 Å². The van der Waals surface area contributed by atoms with E-state index >= 15 is 0 Å². The lowest BCUT2D eigenvalue weighted by molar-refractivity contribution is 0.266. The normalized spacial score (nSPS) is 19.2. The molecule has 22 heavy (non-hydrogen) atoms. The van der Waals surface area contributed by atoms with E-state index in [1.165, 1.54) is 24.8 Å². The molecule has 0 spiro atoms. The monoisotopic (exact) mass is 295 g/mol. The summed E-state index contributed by atoms with van der Waals surface area (Å²) in [4.78, 5) is 9.98. The maximum Gasteiger partial charge on any atom is 0.137 e. The molecule has 1 aliphatic rings. The van der Waals surface area contributed by atoms with Crippen molar-refractivity contribution < 1.29 is 4.42 Å². The second-order valence-corrected chi connectivity index (χ2v) is 6.18. The Hall–Kier alpha value is -2.07. The summed E-state index contributed by atoms with van der Waals surface area (Å²) in [5, 5.41) is 1.17. The number of likely N-dealkylation sites (tertiary alicyclic amines) is 1. The van der Waals surface area contributed by atoms with Crippen LogP contribution in [-0.4, -0.2) is 34.0 Å². The van der Waals surface area contributed by atoms with E-state index in [-0.39, 0.29) is 0 Å². The van der Waals surface area contributed by atoms with Gasteiger partial charge in [-0.2, -0.15) is 0 Å².